The van der Waals surface area contributed by atoms with Gasteiger partial charge in [-0.1, -0.05) is 12.1 Å². The molecule has 0 saturated carbocycles. The third-order valence-corrected chi connectivity index (χ3v) is 2.04. The quantitative estimate of drug-likeness (QED) is 0.665. The predicted octanol–water partition coefficient (Wildman–Crippen LogP) is 1.52. The van der Waals surface area contributed by atoms with Crippen LogP contribution in [0.25, 0.3) is 10.8 Å². The molecule has 0 amide bonds. The number of nitrogen functional groups attached to an aromatic ring is 1. The molecule has 0 radical (unpaired) electrons. The highest BCUT2D eigenvalue weighted by molar-refractivity contribution is 6.05. The van der Waals surface area contributed by atoms with E-state index in [2.05, 4.69) is 4.98 Å². The van der Waals surface area contributed by atoms with Gasteiger partial charge in [0.1, 0.15) is 0 Å². The molecule has 4 nitrogen and oxygen atoms in total. The largest absolute Gasteiger partial charge is 0.476 e. The highest BCUT2D eigenvalue weighted by Crippen LogP contribution is 2.22. The van der Waals surface area contributed by atoms with Crippen LogP contribution < -0.4 is 5.73 Å². The Kier molecular flexibility index (Phi) is 1.81. The third-order valence-electron chi connectivity index (χ3n) is 2.04. The molecular formula is C10H8N2O2. The molecule has 0 fully saturated rings. The van der Waals surface area contributed by atoms with E-state index in [4.69, 9.17) is 10.8 Å². The Hall–Kier alpha value is -2.10. The van der Waals surface area contributed by atoms with Gasteiger partial charge in [-0.05, 0) is 12.1 Å². The number of carbonyl (C=O) groups is 1. The van der Waals surface area contributed by atoms with Gasteiger partial charge in [0, 0.05) is 22.7 Å². The summed E-state index contributed by atoms with van der Waals surface area (Å²) >= 11 is 0. The van der Waals surface area contributed by atoms with Crippen LogP contribution in [-0.2, 0) is 0 Å². The number of aromatic nitrogens is 1. The molecule has 2 rings (SSSR count). The smallest absolute Gasteiger partial charge is 0.355 e. The van der Waals surface area contributed by atoms with Gasteiger partial charge in [-0.3, -0.25) is 0 Å². The fourth-order valence-corrected chi connectivity index (χ4v) is 1.40. The molecule has 3 N–H and O–H groups in total. The summed E-state index contributed by atoms with van der Waals surface area (Å²) in [6.07, 6.45) is 1.45. The summed E-state index contributed by atoms with van der Waals surface area (Å²) in [5, 5.41) is 10.2. The van der Waals surface area contributed by atoms with E-state index in [0.29, 0.717) is 11.1 Å². The number of benzene rings is 1. The van der Waals surface area contributed by atoms with Crippen molar-refractivity contribution < 1.29 is 9.90 Å². The van der Waals surface area contributed by atoms with Crippen molar-refractivity contribution >= 4 is 22.4 Å². The van der Waals surface area contributed by atoms with Crippen LogP contribution in [0.5, 0.6) is 0 Å². The van der Waals surface area contributed by atoms with Crippen LogP contribution >= 0.6 is 0 Å². The lowest BCUT2D eigenvalue weighted by atomic mass is 10.1. The third kappa shape index (κ3) is 1.17. The van der Waals surface area contributed by atoms with Gasteiger partial charge in [0.2, 0.25) is 0 Å². The number of pyridine rings is 1. The first kappa shape index (κ1) is 8.50. The standard InChI is InChI=1S/C10H8N2O2/c11-8-3-1-2-7-6(8)4-5-12-9(7)10(13)14/h1-5H,11H2,(H,13,14). The van der Waals surface area contributed by atoms with Gasteiger partial charge in [-0.25, -0.2) is 9.78 Å². The number of hydrogen-bond donors (Lipinski definition) is 2. The monoisotopic (exact) mass is 188 g/mol. The average molecular weight is 188 g/mol. The van der Waals surface area contributed by atoms with Crippen LogP contribution in [0.4, 0.5) is 5.69 Å². The number of nitrogens with zero attached hydrogens (tertiary/aromatic N) is 1. The van der Waals surface area contributed by atoms with Crippen LogP contribution in [0.2, 0.25) is 0 Å². The minimum Gasteiger partial charge on any atom is -0.476 e. The molecular weight excluding hydrogens is 180 g/mol. The summed E-state index contributed by atoms with van der Waals surface area (Å²) in [6.45, 7) is 0. The molecule has 4 heteroatoms. The van der Waals surface area contributed by atoms with Gasteiger partial charge in [0.05, 0.1) is 0 Å². The lowest BCUT2D eigenvalue weighted by Crippen LogP contribution is -2.01. The molecule has 70 valence electrons. The number of carboxylic acid groups (broad SMARTS) is 1. The Morgan fingerprint density at radius 3 is 2.79 bits per heavy atom. The highest BCUT2D eigenvalue weighted by atomic mass is 16.4. The molecule has 1 heterocycles. The Bertz CT molecular complexity index is 508. The number of fused-ring (bicyclic) bond motifs is 1. The maximum atomic E-state index is 10.8. The molecule has 0 saturated heterocycles. The fraction of sp³-hybridized carbons (Fsp3) is 0. The van der Waals surface area contributed by atoms with Crippen molar-refractivity contribution in [1.82, 2.24) is 4.98 Å². The summed E-state index contributed by atoms with van der Waals surface area (Å²) in [7, 11) is 0. The maximum absolute atomic E-state index is 10.8. The normalized spacial score (nSPS) is 10.3. The van der Waals surface area contributed by atoms with E-state index in [0.717, 1.165) is 5.39 Å². The lowest BCUT2D eigenvalue weighted by Gasteiger charge is -2.03. The molecule has 1 aromatic carbocycles. The second-order valence-corrected chi connectivity index (χ2v) is 2.91. The number of rotatable bonds is 1. The second-order valence-electron chi connectivity index (χ2n) is 2.91. The summed E-state index contributed by atoms with van der Waals surface area (Å²) in [6, 6.07) is 6.85. The maximum Gasteiger partial charge on any atom is 0.355 e. The minimum absolute atomic E-state index is 0.0369. The predicted molar refractivity (Wildman–Crippen MR) is 53.1 cm³/mol. The zero-order chi connectivity index (χ0) is 10.1. The van der Waals surface area contributed by atoms with Crippen molar-refractivity contribution in [3.05, 3.63) is 36.2 Å². The average Bonchev–Trinajstić information content (AvgIpc) is 2.17. The molecule has 0 bridgehead atoms. The van der Waals surface area contributed by atoms with E-state index < -0.39 is 5.97 Å². The summed E-state index contributed by atoms with van der Waals surface area (Å²) in [5.74, 6) is -1.04. The van der Waals surface area contributed by atoms with E-state index in [1.54, 1.807) is 24.3 Å². The lowest BCUT2D eigenvalue weighted by molar-refractivity contribution is 0.0693. The number of anilines is 1. The van der Waals surface area contributed by atoms with Gasteiger partial charge >= 0.3 is 5.97 Å². The summed E-state index contributed by atoms with van der Waals surface area (Å²) in [5.41, 5.74) is 6.30. The van der Waals surface area contributed by atoms with Gasteiger partial charge in [0.25, 0.3) is 0 Å². The Labute approximate surface area is 80.0 Å². The van der Waals surface area contributed by atoms with Gasteiger partial charge in [-0.15, -0.1) is 0 Å². The van der Waals surface area contributed by atoms with Crippen LogP contribution in [0.1, 0.15) is 10.5 Å². The number of hydrogen-bond acceptors (Lipinski definition) is 3. The van der Waals surface area contributed by atoms with E-state index >= 15 is 0 Å². The minimum atomic E-state index is -1.04. The fourth-order valence-electron chi connectivity index (χ4n) is 1.40. The van der Waals surface area contributed by atoms with Crippen molar-refractivity contribution in [2.75, 3.05) is 5.73 Å². The second kappa shape index (κ2) is 2.99. The van der Waals surface area contributed by atoms with E-state index in [1.165, 1.54) is 6.20 Å². The van der Waals surface area contributed by atoms with Crippen molar-refractivity contribution in [2.24, 2.45) is 0 Å². The molecule has 1 aromatic heterocycles. The van der Waals surface area contributed by atoms with Crippen LogP contribution in [0, 0.1) is 0 Å². The molecule has 0 spiro atoms. The molecule has 0 aliphatic rings. The van der Waals surface area contributed by atoms with Crippen molar-refractivity contribution in [3.63, 3.8) is 0 Å². The van der Waals surface area contributed by atoms with Crippen molar-refractivity contribution in [3.8, 4) is 0 Å². The number of aromatic carboxylic acids is 1. The first-order chi connectivity index (χ1) is 6.70. The van der Waals surface area contributed by atoms with E-state index in [9.17, 15) is 4.79 Å². The van der Waals surface area contributed by atoms with Crippen molar-refractivity contribution in [1.29, 1.82) is 0 Å². The van der Waals surface area contributed by atoms with E-state index in [-0.39, 0.29) is 5.69 Å². The van der Waals surface area contributed by atoms with Crippen LogP contribution in [-0.4, -0.2) is 16.1 Å². The Balaban J connectivity index is 2.88. The zero-order valence-electron chi connectivity index (χ0n) is 7.27. The number of carboxylic acids is 1. The first-order valence-corrected chi connectivity index (χ1v) is 4.06. The molecule has 2 aromatic rings. The zero-order valence-corrected chi connectivity index (χ0v) is 7.27. The van der Waals surface area contributed by atoms with E-state index in [1.807, 2.05) is 0 Å². The molecule has 0 aliphatic carbocycles. The molecule has 0 aliphatic heterocycles. The number of nitrogens with two attached hydrogens (primary N) is 1. The van der Waals surface area contributed by atoms with Crippen molar-refractivity contribution in [2.45, 2.75) is 0 Å². The Morgan fingerprint density at radius 1 is 1.29 bits per heavy atom. The van der Waals surface area contributed by atoms with Crippen LogP contribution in [0.3, 0.4) is 0 Å². The summed E-state index contributed by atoms with van der Waals surface area (Å²) in [4.78, 5) is 14.6. The summed E-state index contributed by atoms with van der Waals surface area (Å²) < 4.78 is 0. The topological polar surface area (TPSA) is 76.2 Å². The van der Waals surface area contributed by atoms with Gasteiger partial charge < -0.3 is 10.8 Å². The molecule has 0 unspecified atom stereocenters. The molecule has 14 heavy (non-hydrogen) atoms. The molecule has 0 atom stereocenters. The Morgan fingerprint density at radius 2 is 2.07 bits per heavy atom. The first-order valence-electron chi connectivity index (χ1n) is 4.06. The highest BCUT2D eigenvalue weighted by Gasteiger charge is 2.09. The SMILES string of the molecule is Nc1cccc2c(C(=O)O)nccc12. The van der Waals surface area contributed by atoms with Gasteiger partial charge in [0.15, 0.2) is 5.69 Å². The van der Waals surface area contributed by atoms with Gasteiger partial charge in [-0.2, -0.15) is 0 Å². The van der Waals surface area contributed by atoms with Crippen LogP contribution in [0.15, 0.2) is 30.5 Å².